The number of rotatable bonds is 7. The summed E-state index contributed by atoms with van der Waals surface area (Å²) in [6.07, 6.45) is 0.178. The Kier molecular flexibility index (Phi) is 6.67. The van der Waals surface area contributed by atoms with E-state index in [0.29, 0.717) is 5.56 Å². The fraction of sp³-hybridized carbons (Fsp3) is 0.286. The van der Waals surface area contributed by atoms with E-state index < -0.39 is 0 Å². The molecule has 2 N–H and O–H groups in total. The molecule has 0 bridgehead atoms. The largest absolute Gasteiger partial charge is 0.347 e. The number of hydrogen-bond donors (Lipinski definition) is 2. The molecule has 0 aliphatic heterocycles. The number of carbonyl (C=O) groups excluding carboxylic acids is 3. The SMILES string of the molecule is Cc1ccc(C(=O)CCC(=O)NCC(=O)Nc2cccc(C)c2C)cc1. The molecule has 0 atom stereocenters. The van der Waals surface area contributed by atoms with Crippen LogP contribution in [0, 0.1) is 20.8 Å². The van der Waals surface area contributed by atoms with Crippen LogP contribution in [0.5, 0.6) is 0 Å². The highest BCUT2D eigenvalue weighted by Crippen LogP contribution is 2.17. The maximum absolute atomic E-state index is 12.0. The van der Waals surface area contributed by atoms with E-state index in [1.54, 1.807) is 12.1 Å². The Morgan fingerprint density at radius 2 is 1.54 bits per heavy atom. The van der Waals surface area contributed by atoms with Gasteiger partial charge in [-0.2, -0.15) is 0 Å². The Morgan fingerprint density at radius 3 is 2.23 bits per heavy atom. The minimum absolute atomic E-state index is 0.0590. The van der Waals surface area contributed by atoms with Crippen LogP contribution in [-0.2, 0) is 9.59 Å². The van der Waals surface area contributed by atoms with Crippen molar-refractivity contribution in [2.45, 2.75) is 33.6 Å². The topological polar surface area (TPSA) is 75.3 Å². The first-order valence-corrected chi connectivity index (χ1v) is 8.59. The minimum atomic E-state index is -0.318. The van der Waals surface area contributed by atoms with Gasteiger partial charge in [0.25, 0.3) is 0 Å². The maximum Gasteiger partial charge on any atom is 0.243 e. The highest BCUT2D eigenvalue weighted by atomic mass is 16.2. The van der Waals surface area contributed by atoms with Crippen LogP contribution in [0.15, 0.2) is 42.5 Å². The third kappa shape index (κ3) is 5.55. The van der Waals surface area contributed by atoms with Gasteiger partial charge in [-0.15, -0.1) is 0 Å². The van der Waals surface area contributed by atoms with Gasteiger partial charge in [0.1, 0.15) is 0 Å². The second-order valence-corrected chi connectivity index (χ2v) is 6.36. The minimum Gasteiger partial charge on any atom is -0.347 e. The standard InChI is InChI=1S/C21H24N2O3/c1-14-7-9-17(10-8-14)19(24)11-12-20(25)22-13-21(26)23-18-6-4-5-15(2)16(18)3/h4-10H,11-13H2,1-3H3,(H,22,25)(H,23,26). The number of aryl methyl sites for hydroxylation is 2. The van der Waals surface area contributed by atoms with Gasteiger partial charge in [-0.1, -0.05) is 42.0 Å². The van der Waals surface area contributed by atoms with Gasteiger partial charge in [0, 0.05) is 24.1 Å². The number of benzene rings is 2. The van der Waals surface area contributed by atoms with Crippen molar-refractivity contribution in [2.24, 2.45) is 0 Å². The molecule has 2 rings (SSSR count). The summed E-state index contributed by atoms with van der Waals surface area (Å²) < 4.78 is 0. The van der Waals surface area contributed by atoms with Crippen LogP contribution in [-0.4, -0.2) is 24.1 Å². The Labute approximate surface area is 153 Å². The summed E-state index contributed by atoms with van der Waals surface area (Å²) in [6.45, 7) is 5.73. The molecule has 0 saturated heterocycles. The average Bonchev–Trinajstić information content (AvgIpc) is 2.62. The highest BCUT2D eigenvalue weighted by Gasteiger charge is 2.11. The van der Waals surface area contributed by atoms with Gasteiger partial charge in [-0.05, 0) is 38.0 Å². The predicted octanol–water partition coefficient (Wildman–Crippen LogP) is 3.33. The molecule has 0 saturated carbocycles. The molecule has 2 amide bonds. The number of Topliss-reactive ketones (excluding diaryl/α,β-unsaturated/α-hetero) is 1. The van der Waals surface area contributed by atoms with Crippen LogP contribution in [0.3, 0.4) is 0 Å². The fourth-order valence-electron chi connectivity index (χ4n) is 2.46. The molecule has 0 fully saturated rings. The normalized spacial score (nSPS) is 10.3. The van der Waals surface area contributed by atoms with E-state index in [4.69, 9.17) is 0 Å². The van der Waals surface area contributed by atoms with Gasteiger partial charge in [-0.25, -0.2) is 0 Å². The van der Waals surface area contributed by atoms with Crippen molar-refractivity contribution < 1.29 is 14.4 Å². The number of amides is 2. The van der Waals surface area contributed by atoms with E-state index in [2.05, 4.69) is 10.6 Å². The van der Waals surface area contributed by atoms with E-state index >= 15 is 0 Å². The van der Waals surface area contributed by atoms with Crippen molar-refractivity contribution in [2.75, 3.05) is 11.9 Å². The van der Waals surface area contributed by atoms with E-state index in [-0.39, 0.29) is 37.0 Å². The molecule has 0 heterocycles. The Morgan fingerprint density at radius 1 is 0.846 bits per heavy atom. The van der Waals surface area contributed by atoms with E-state index in [0.717, 1.165) is 22.4 Å². The molecule has 0 aromatic heterocycles. The van der Waals surface area contributed by atoms with Crippen LogP contribution < -0.4 is 10.6 Å². The van der Waals surface area contributed by atoms with E-state index in [1.165, 1.54) is 0 Å². The van der Waals surface area contributed by atoms with Gasteiger partial charge >= 0.3 is 0 Å². The highest BCUT2D eigenvalue weighted by molar-refractivity contribution is 5.99. The van der Waals surface area contributed by atoms with Crippen molar-refractivity contribution in [3.05, 3.63) is 64.7 Å². The number of anilines is 1. The molecule has 5 heteroatoms. The molecular formula is C21H24N2O3. The number of nitrogens with one attached hydrogen (secondary N) is 2. The van der Waals surface area contributed by atoms with Gasteiger partial charge in [0.05, 0.1) is 6.54 Å². The Balaban J connectivity index is 1.76. The summed E-state index contributed by atoms with van der Waals surface area (Å²) in [7, 11) is 0. The molecule has 26 heavy (non-hydrogen) atoms. The van der Waals surface area contributed by atoms with Crippen LogP contribution in [0.2, 0.25) is 0 Å². The quantitative estimate of drug-likeness (QED) is 0.751. The van der Waals surface area contributed by atoms with Crippen LogP contribution >= 0.6 is 0 Å². The first-order valence-electron chi connectivity index (χ1n) is 8.59. The van der Waals surface area contributed by atoms with Gasteiger partial charge < -0.3 is 10.6 Å². The van der Waals surface area contributed by atoms with Crippen LogP contribution in [0.1, 0.15) is 39.9 Å². The zero-order chi connectivity index (χ0) is 19.1. The second-order valence-electron chi connectivity index (χ2n) is 6.36. The van der Waals surface area contributed by atoms with E-state index in [1.807, 2.05) is 51.1 Å². The predicted molar refractivity (Wildman–Crippen MR) is 102 cm³/mol. The van der Waals surface area contributed by atoms with Gasteiger partial charge in [-0.3, -0.25) is 14.4 Å². The third-order valence-electron chi connectivity index (χ3n) is 4.28. The zero-order valence-corrected chi connectivity index (χ0v) is 15.4. The molecule has 0 unspecified atom stereocenters. The zero-order valence-electron chi connectivity index (χ0n) is 15.4. The smallest absolute Gasteiger partial charge is 0.243 e. The number of ketones is 1. The van der Waals surface area contributed by atoms with E-state index in [9.17, 15) is 14.4 Å². The molecular weight excluding hydrogens is 328 g/mol. The molecule has 136 valence electrons. The van der Waals surface area contributed by atoms with Crippen molar-refractivity contribution >= 4 is 23.3 Å². The van der Waals surface area contributed by atoms with Crippen LogP contribution in [0.4, 0.5) is 5.69 Å². The number of carbonyl (C=O) groups is 3. The molecule has 2 aromatic rings. The van der Waals surface area contributed by atoms with Crippen molar-refractivity contribution in [3.63, 3.8) is 0 Å². The Hall–Kier alpha value is -2.95. The number of hydrogen-bond acceptors (Lipinski definition) is 3. The van der Waals surface area contributed by atoms with Gasteiger partial charge in [0.15, 0.2) is 5.78 Å². The summed E-state index contributed by atoms with van der Waals surface area (Å²) in [5.74, 6) is -0.696. The molecule has 2 aromatic carbocycles. The lowest BCUT2D eigenvalue weighted by molar-refractivity contribution is -0.124. The third-order valence-corrected chi connectivity index (χ3v) is 4.28. The molecule has 0 aliphatic carbocycles. The molecule has 0 spiro atoms. The van der Waals surface area contributed by atoms with Crippen molar-refractivity contribution in [3.8, 4) is 0 Å². The molecule has 0 radical (unpaired) electrons. The lowest BCUT2D eigenvalue weighted by Gasteiger charge is -2.11. The van der Waals surface area contributed by atoms with Gasteiger partial charge in [0.2, 0.25) is 11.8 Å². The lowest BCUT2D eigenvalue weighted by Crippen LogP contribution is -2.33. The molecule has 5 nitrogen and oxygen atoms in total. The first-order chi connectivity index (χ1) is 12.4. The monoisotopic (exact) mass is 352 g/mol. The average molecular weight is 352 g/mol. The lowest BCUT2D eigenvalue weighted by atomic mass is 10.1. The van der Waals surface area contributed by atoms with Crippen LogP contribution in [0.25, 0.3) is 0 Å². The summed E-state index contributed by atoms with van der Waals surface area (Å²) in [4.78, 5) is 35.9. The summed E-state index contributed by atoms with van der Waals surface area (Å²) in [5, 5.41) is 5.33. The fourth-order valence-corrected chi connectivity index (χ4v) is 2.46. The second kappa shape index (κ2) is 8.94. The van der Waals surface area contributed by atoms with Crippen molar-refractivity contribution in [1.29, 1.82) is 0 Å². The molecule has 0 aliphatic rings. The summed E-state index contributed by atoms with van der Waals surface area (Å²) >= 11 is 0. The summed E-state index contributed by atoms with van der Waals surface area (Å²) in [6, 6.07) is 12.9. The maximum atomic E-state index is 12.0. The summed E-state index contributed by atoms with van der Waals surface area (Å²) in [5.41, 5.74) is 4.49. The first kappa shape index (κ1) is 19.4. The van der Waals surface area contributed by atoms with Crippen molar-refractivity contribution in [1.82, 2.24) is 5.32 Å². The Bertz CT molecular complexity index is 811.